The summed E-state index contributed by atoms with van der Waals surface area (Å²) in [5, 5.41) is 12.7. The molecule has 0 radical (unpaired) electrons. The molecule has 2 N–H and O–H groups in total. The number of aryl methyl sites for hydroxylation is 1. The van der Waals surface area contributed by atoms with Crippen molar-refractivity contribution in [2.75, 3.05) is 24.8 Å². The molecule has 1 aromatic heterocycles. The highest BCUT2D eigenvalue weighted by molar-refractivity contribution is 9.10. The minimum atomic E-state index is -0.519. The van der Waals surface area contributed by atoms with Gasteiger partial charge in [-0.05, 0) is 59.8 Å². The number of H-pyrrole nitrogens is 1. The highest BCUT2D eigenvalue weighted by Gasteiger charge is 2.19. The summed E-state index contributed by atoms with van der Waals surface area (Å²) in [4.78, 5) is 31.7. The van der Waals surface area contributed by atoms with Gasteiger partial charge < -0.3 is 19.8 Å². The van der Waals surface area contributed by atoms with Crippen molar-refractivity contribution in [3.8, 4) is 28.8 Å². The lowest BCUT2D eigenvalue weighted by Crippen LogP contribution is -2.21. The maximum absolute atomic E-state index is 12.4. The molecule has 2 aromatic carbocycles. The number of benzene rings is 2. The zero-order valence-electron chi connectivity index (χ0n) is 18.2. The van der Waals surface area contributed by atoms with Crippen molar-refractivity contribution in [2.24, 2.45) is 0 Å². The molecule has 0 fully saturated rings. The van der Waals surface area contributed by atoms with Crippen LogP contribution in [0.3, 0.4) is 0 Å². The van der Waals surface area contributed by atoms with Gasteiger partial charge in [-0.15, -0.1) is 0 Å². The Balaban J connectivity index is 1.92. The molecule has 3 aromatic rings. The van der Waals surface area contributed by atoms with Crippen LogP contribution in [0.2, 0.25) is 0 Å². The molecule has 1 amide bonds. The van der Waals surface area contributed by atoms with Gasteiger partial charge in [0.05, 0.1) is 16.8 Å². The molecule has 0 aliphatic heterocycles. The fraction of sp³-hybridized carbons (Fsp3) is 0.217. The molecule has 0 spiro atoms. The van der Waals surface area contributed by atoms with E-state index in [1.54, 1.807) is 18.4 Å². The molecule has 10 heteroatoms. The van der Waals surface area contributed by atoms with E-state index < -0.39 is 5.56 Å². The van der Waals surface area contributed by atoms with Gasteiger partial charge in [0.25, 0.3) is 11.5 Å². The molecule has 3 rings (SSSR count). The number of halogens is 1. The summed E-state index contributed by atoms with van der Waals surface area (Å²) in [6, 6.07) is 12.7. The number of rotatable bonds is 8. The molecule has 170 valence electrons. The molecule has 0 unspecified atom stereocenters. The van der Waals surface area contributed by atoms with Gasteiger partial charge in [0.15, 0.2) is 23.3 Å². The number of hydrogen-bond acceptors (Lipinski definition) is 7. The first-order chi connectivity index (χ1) is 15.9. The second kappa shape index (κ2) is 11.0. The molecule has 0 saturated heterocycles. The maximum Gasteiger partial charge on any atom is 0.270 e. The summed E-state index contributed by atoms with van der Waals surface area (Å²) in [7, 11) is 0. The molecule has 0 atom stereocenters. The number of anilines is 1. The molecular weight excluding hydrogens is 508 g/mol. The van der Waals surface area contributed by atoms with Crippen molar-refractivity contribution in [2.45, 2.75) is 19.0 Å². The summed E-state index contributed by atoms with van der Waals surface area (Å²) in [5.41, 5.74) is 1.76. The predicted molar refractivity (Wildman–Crippen MR) is 131 cm³/mol. The summed E-state index contributed by atoms with van der Waals surface area (Å²) >= 11 is 4.71. The van der Waals surface area contributed by atoms with Crippen LogP contribution in [0.1, 0.15) is 18.1 Å². The number of para-hydroxylation sites is 1. The Morgan fingerprint density at radius 3 is 2.73 bits per heavy atom. The number of carbonyl (C=O) groups is 1. The summed E-state index contributed by atoms with van der Waals surface area (Å²) in [6.45, 7) is 3.81. The van der Waals surface area contributed by atoms with Crippen molar-refractivity contribution in [1.82, 2.24) is 9.97 Å². The van der Waals surface area contributed by atoms with E-state index in [2.05, 4.69) is 31.2 Å². The Morgan fingerprint density at radius 1 is 1.30 bits per heavy atom. The summed E-state index contributed by atoms with van der Waals surface area (Å²) in [5.74, 6) is 0.353. The molecule has 33 heavy (non-hydrogen) atoms. The van der Waals surface area contributed by atoms with Crippen LogP contribution in [0, 0.1) is 18.3 Å². The Morgan fingerprint density at radius 2 is 2.06 bits per heavy atom. The van der Waals surface area contributed by atoms with Gasteiger partial charge in [-0.3, -0.25) is 9.59 Å². The van der Waals surface area contributed by atoms with Gasteiger partial charge in [0.2, 0.25) is 0 Å². The van der Waals surface area contributed by atoms with Crippen molar-refractivity contribution in [1.29, 1.82) is 5.26 Å². The van der Waals surface area contributed by atoms with Crippen molar-refractivity contribution >= 4 is 39.3 Å². The van der Waals surface area contributed by atoms with E-state index in [0.29, 0.717) is 39.0 Å². The van der Waals surface area contributed by atoms with E-state index in [4.69, 9.17) is 9.47 Å². The van der Waals surface area contributed by atoms with Crippen LogP contribution in [0.4, 0.5) is 5.69 Å². The first-order valence-electron chi connectivity index (χ1n) is 9.91. The van der Waals surface area contributed by atoms with Crippen molar-refractivity contribution in [3.05, 3.63) is 62.4 Å². The number of nitriles is 1. The van der Waals surface area contributed by atoms with Crippen molar-refractivity contribution in [3.63, 3.8) is 0 Å². The lowest BCUT2D eigenvalue weighted by atomic mass is 10.1. The van der Waals surface area contributed by atoms with Crippen LogP contribution in [0.25, 0.3) is 11.3 Å². The maximum atomic E-state index is 12.4. The number of hydrogen-bond donors (Lipinski definition) is 2. The van der Waals surface area contributed by atoms with E-state index in [9.17, 15) is 14.9 Å². The Kier molecular flexibility index (Phi) is 8.14. The third-order valence-corrected chi connectivity index (χ3v) is 5.72. The number of carbonyl (C=O) groups excluding carboxylic acids is 1. The zero-order chi connectivity index (χ0) is 24.0. The monoisotopic (exact) mass is 528 g/mol. The predicted octanol–water partition coefficient (Wildman–Crippen LogP) is 4.52. The van der Waals surface area contributed by atoms with E-state index in [0.717, 1.165) is 5.56 Å². The van der Waals surface area contributed by atoms with Crippen LogP contribution >= 0.6 is 27.7 Å². The number of thioether (sulfide) groups is 1. The quantitative estimate of drug-likeness (QED) is 0.326. The second-order valence-electron chi connectivity index (χ2n) is 6.78. The molecule has 0 aliphatic carbocycles. The largest absolute Gasteiger partial charge is 0.490 e. The van der Waals surface area contributed by atoms with Crippen LogP contribution < -0.4 is 20.3 Å². The number of nitrogens with one attached hydrogen (secondary N) is 2. The van der Waals surface area contributed by atoms with E-state index in [1.165, 1.54) is 11.8 Å². The summed E-state index contributed by atoms with van der Waals surface area (Å²) in [6.07, 6.45) is 1.77. The number of ether oxygens (including phenoxy) is 2. The molecule has 0 saturated carbocycles. The third-order valence-electron chi connectivity index (χ3n) is 4.55. The van der Waals surface area contributed by atoms with Gasteiger partial charge >= 0.3 is 0 Å². The minimum absolute atomic E-state index is 0.103. The van der Waals surface area contributed by atoms with Gasteiger partial charge in [-0.2, -0.15) is 5.26 Å². The van der Waals surface area contributed by atoms with E-state index in [1.807, 2.05) is 44.2 Å². The molecule has 8 nitrogen and oxygen atoms in total. The topological polar surface area (TPSA) is 117 Å². The normalized spacial score (nSPS) is 10.4. The smallest absolute Gasteiger partial charge is 0.270 e. The zero-order valence-corrected chi connectivity index (χ0v) is 20.6. The molecule has 0 bridgehead atoms. The van der Waals surface area contributed by atoms with Gasteiger partial charge in [0, 0.05) is 11.3 Å². The van der Waals surface area contributed by atoms with Crippen LogP contribution in [0.5, 0.6) is 11.5 Å². The molecule has 1 heterocycles. The fourth-order valence-corrected chi connectivity index (χ4v) is 3.94. The number of nitrogens with zero attached hydrogens (tertiary/aromatic N) is 2. The van der Waals surface area contributed by atoms with Crippen LogP contribution in [-0.2, 0) is 4.79 Å². The third kappa shape index (κ3) is 5.74. The highest BCUT2D eigenvalue weighted by Crippen LogP contribution is 2.40. The fourth-order valence-electron chi connectivity index (χ4n) is 3.01. The average Bonchev–Trinajstić information content (AvgIpc) is 2.79. The molecular formula is C23H21BrN4O4S. The second-order valence-corrected chi connectivity index (χ2v) is 8.43. The molecule has 0 aliphatic rings. The van der Waals surface area contributed by atoms with E-state index in [-0.39, 0.29) is 23.8 Å². The Labute approximate surface area is 203 Å². The number of aromatic nitrogens is 2. The number of aromatic amines is 1. The summed E-state index contributed by atoms with van der Waals surface area (Å²) < 4.78 is 12.0. The standard InChI is InChI=1S/C23H21BrN4O4S/c1-4-31-18-10-14(20-15(11-25)22(30)28-23(27-20)33-3)9-16(24)21(18)32-12-19(29)26-17-8-6-5-7-13(17)2/h5-10H,4,12H2,1-3H3,(H,26,29)(H,27,28,30). The lowest BCUT2D eigenvalue weighted by molar-refractivity contribution is -0.118. The van der Waals surface area contributed by atoms with Crippen LogP contribution in [-0.4, -0.2) is 35.3 Å². The van der Waals surface area contributed by atoms with E-state index >= 15 is 0 Å². The lowest BCUT2D eigenvalue weighted by Gasteiger charge is -2.16. The Hall–Kier alpha value is -3.29. The average molecular weight is 529 g/mol. The Bertz CT molecular complexity index is 1290. The van der Waals surface area contributed by atoms with Crippen molar-refractivity contribution < 1.29 is 14.3 Å². The highest BCUT2D eigenvalue weighted by atomic mass is 79.9. The first-order valence-corrected chi connectivity index (χ1v) is 11.9. The first kappa shape index (κ1) is 24.4. The van der Waals surface area contributed by atoms with Crippen LogP contribution in [0.15, 0.2) is 50.8 Å². The number of amides is 1. The van der Waals surface area contributed by atoms with Gasteiger partial charge in [0.1, 0.15) is 11.6 Å². The SMILES string of the molecule is CCOc1cc(-c2nc(SC)[nH]c(=O)c2C#N)cc(Br)c1OCC(=O)Nc1ccccc1C. The van der Waals surface area contributed by atoms with Gasteiger partial charge in [-0.1, -0.05) is 30.0 Å². The van der Waals surface area contributed by atoms with Gasteiger partial charge in [-0.25, -0.2) is 4.98 Å². The minimum Gasteiger partial charge on any atom is -0.490 e.